The Hall–Kier alpha value is -1.95. The Bertz CT molecular complexity index is 829. The molecule has 2 aromatic rings. The van der Waals surface area contributed by atoms with Gasteiger partial charge < -0.3 is 5.11 Å². The zero-order valence-corrected chi connectivity index (χ0v) is 14.4. The van der Waals surface area contributed by atoms with Crippen molar-refractivity contribution in [3.8, 4) is 0 Å². The summed E-state index contributed by atoms with van der Waals surface area (Å²) in [6, 6.07) is 15.4. The van der Waals surface area contributed by atoms with Crippen molar-refractivity contribution in [2.24, 2.45) is 0 Å². The Morgan fingerprint density at radius 3 is 2.25 bits per heavy atom. The lowest BCUT2D eigenvalue weighted by molar-refractivity contribution is 0.0568. The van der Waals surface area contributed by atoms with Crippen LogP contribution in [0.2, 0.25) is 0 Å². The molecule has 0 saturated heterocycles. The van der Waals surface area contributed by atoms with Crippen LogP contribution in [-0.2, 0) is 22.9 Å². The first-order valence-corrected chi connectivity index (χ1v) is 9.44. The second kappa shape index (κ2) is 6.51. The Morgan fingerprint density at radius 2 is 1.67 bits per heavy atom. The number of nitrogens with one attached hydrogen (secondary N) is 1. The summed E-state index contributed by atoms with van der Waals surface area (Å²) in [7, 11) is -3.59. The molecule has 1 aliphatic carbocycles. The average molecular weight is 343 g/mol. The highest BCUT2D eigenvalue weighted by molar-refractivity contribution is 7.92. The fourth-order valence-electron chi connectivity index (χ4n) is 2.93. The summed E-state index contributed by atoms with van der Waals surface area (Å²) in [6.45, 7) is 1.98. The second-order valence-electron chi connectivity index (χ2n) is 6.43. The topological polar surface area (TPSA) is 66.4 Å². The summed E-state index contributed by atoms with van der Waals surface area (Å²) in [6.07, 6.45) is 2.48. The van der Waals surface area contributed by atoms with Crippen molar-refractivity contribution in [1.82, 2.24) is 4.72 Å². The smallest absolute Gasteiger partial charge is 0.233 e. The van der Waals surface area contributed by atoms with E-state index in [4.69, 9.17) is 0 Å². The van der Waals surface area contributed by atoms with E-state index in [0.29, 0.717) is 12.8 Å². The maximum Gasteiger partial charge on any atom is 0.233 e. The van der Waals surface area contributed by atoms with Gasteiger partial charge in [0.2, 0.25) is 10.0 Å². The van der Waals surface area contributed by atoms with Gasteiger partial charge in [0.15, 0.2) is 0 Å². The molecule has 0 atom stereocenters. The van der Waals surface area contributed by atoms with Crippen LogP contribution in [0, 0.1) is 6.92 Å². The standard InChI is InChI=1S/C19H21NO3S/c1-15-6-8-16(9-7-15)10-11-24(22,23)20-14-19(21)12-17-4-2-3-5-18(17)13-19/h2-11,20-21H,12-14H2,1H3. The van der Waals surface area contributed by atoms with Gasteiger partial charge in [-0.1, -0.05) is 54.1 Å². The molecular formula is C19H21NO3S. The van der Waals surface area contributed by atoms with Crippen LogP contribution in [0.25, 0.3) is 6.08 Å². The third-order valence-electron chi connectivity index (χ3n) is 4.28. The zero-order chi connectivity index (χ0) is 17.2. The van der Waals surface area contributed by atoms with Gasteiger partial charge in [-0.3, -0.25) is 0 Å². The molecule has 0 saturated carbocycles. The summed E-state index contributed by atoms with van der Waals surface area (Å²) in [4.78, 5) is 0. The van der Waals surface area contributed by atoms with Crippen LogP contribution >= 0.6 is 0 Å². The average Bonchev–Trinajstić information content (AvgIpc) is 2.89. The number of sulfonamides is 1. The molecule has 0 unspecified atom stereocenters. The minimum atomic E-state index is -3.59. The van der Waals surface area contributed by atoms with E-state index < -0.39 is 15.6 Å². The molecule has 3 rings (SSSR count). The predicted molar refractivity (Wildman–Crippen MR) is 95.9 cm³/mol. The molecule has 2 aromatic carbocycles. The van der Waals surface area contributed by atoms with E-state index in [0.717, 1.165) is 27.7 Å². The van der Waals surface area contributed by atoms with Crippen LogP contribution in [0.1, 0.15) is 22.3 Å². The number of aliphatic hydroxyl groups is 1. The quantitative estimate of drug-likeness (QED) is 0.876. The number of benzene rings is 2. The Balaban J connectivity index is 1.62. The molecule has 0 amide bonds. The Morgan fingerprint density at radius 1 is 1.08 bits per heavy atom. The van der Waals surface area contributed by atoms with E-state index in [-0.39, 0.29) is 6.54 Å². The monoisotopic (exact) mass is 343 g/mol. The number of rotatable bonds is 5. The van der Waals surface area contributed by atoms with Crippen LogP contribution in [0.15, 0.2) is 53.9 Å². The van der Waals surface area contributed by atoms with Crippen molar-refractivity contribution >= 4 is 16.1 Å². The molecule has 0 spiro atoms. The Kier molecular flexibility index (Phi) is 4.58. The first-order valence-electron chi connectivity index (χ1n) is 7.89. The van der Waals surface area contributed by atoms with E-state index in [9.17, 15) is 13.5 Å². The molecule has 0 radical (unpaired) electrons. The molecule has 0 bridgehead atoms. The summed E-state index contributed by atoms with van der Waals surface area (Å²) >= 11 is 0. The van der Waals surface area contributed by atoms with Crippen LogP contribution in [0.3, 0.4) is 0 Å². The molecule has 0 fully saturated rings. The van der Waals surface area contributed by atoms with Crippen molar-refractivity contribution in [2.45, 2.75) is 25.4 Å². The highest BCUT2D eigenvalue weighted by Gasteiger charge is 2.35. The van der Waals surface area contributed by atoms with Crippen molar-refractivity contribution in [3.63, 3.8) is 0 Å². The van der Waals surface area contributed by atoms with E-state index >= 15 is 0 Å². The van der Waals surface area contributed by atoms with Gasteiger partial charge in [-0.05, 0) is 29.7 Å². The predicted octanol–water partition coefficient (Wildman–Crippen LogP) is 2.42. The van der Waals surface area contributed by atoms with Gasteiger partial charge in [-0.2, -0.15) is 0 Å². The molecule has 0 heterocycles. The molecule has 1 aliphatic rings. The van der Waals surface area contributed by atoms with Crippen molar-refractivity contribution in [1.29, 1.82) is 0 Å². The van der Waals surface area contributed by atoms with Crippen molar-refractivity contribution < 1.29 is 13.5 Å². The molecule has 0 aliphatic heterocycles. The van der Waals surface area contributed by atoms with Gasteiger partial charge in [0, 0.05) is 24.8 Å². The lowest BCUT2D eigenvalue weighted by Crippen LogP contribution is -2.43. The zero-order valence-electron chi connectivity index (χ0n) is 13.6. The van der Waals surface area contributed by atoms with Crippen LogP contribution < -0.4 is 4.72 Å². The number of hydrogen-bond donors (Lipinski definition) is 2. The molecule has 4 nitrogen and oxygen atoms in total. The van der Waals surface area contributed by atoms with Crippen LogP contribution in [-0.4, -0.2) is 25.7 Å². The van der Waals surface area contributed by atoms with E-state index in [1.165, 1.54) is 0 Å². The minimum Gasteiger partial charge on any atom is -0.388 e. The second-order valence-corrected chi connectivity index (χ2v) is 8.08. The molecule has 5 heteroatoms. The molecule has 0 aromatic heterocycles. The van der Waals surface area contributed by atoms with Crippen LogP contribution in [0.5, 0.6) is 0 Å². The molecule has 126 valence electrons. The number of hydrogen-bond acceptors (Lipinski definition) is 3. The molecule has 2 N–H and O–H groups in total. The normalized spacial score (nSPS) is 16.4. The highest BCUT2D eigenvalue weighted by Crippen LogP contribution is 2.29. The van der Waals surface area contributed by atoms with Gasteiger partial charge in [-0.25, -0.2) is 13.1 Å². The summed E-state index contributed by atoms with van der Waals surface area (Å²) in [5.41, 5.74) is 3.03. The third-order valence-corrected chi connectivity index (χ3v) is 5.32. The fraction of sp³-hybridized carbons (Fsp3) is 0.263. The van der Waals surface area contributed by atoms with E-state index in [2.05, 4.69) is 4.72 Å². The summed E-state index contributed by atoms with van der Waals surface area (Å²) in [5, 5.41) is 11.8. The third kappa shape index (κ3) is 4.12. The van der Waals surface area contributed by atoms with Gasteiger partial charge in [0.25, 0.3) is 0 Å². The van der Waals surface area contributed by atoms with Crippen LogP contribution in [0.4, 0.5) is 0 Å². The van der Waals surface area contributed by atoms with Gasteiger partial charge in [0.05, 0.1) is 5.60 Å². The largest absolute Gasteiger partial charge is 0.388 e. The van der Waals surface area contributed by atoms with Crippen molar-refractivity contribution in [2.75, 3.05) is 6.54 Å². The maximum atomic E-state index is 12.1. The van der Waals surface area contributed by atoms with Gasteiger partial charge >= 0.3 is 0 Å². The van der Waals surface area contributed by atoms with E-state index in [1.54, 1.807) is 6.08 Å². The molecular weight excluding hydrogens is 322 g/mol. The maximum absolute atomic E-state index is 12.1. The summed E-state index contributed by atoms with van der Waals surface area (Å²) in [5.74, 6) is 0. The van der Waals surface area contributed by atoms with E-state index in [1.807, 2.05) is 55.5 Å². The SMILES string of the molecule is Cc1ccc(C=CS(=O)(=O)NCC2(O)Cc3ccccc3C2)cc1. The molecule has 24 heavy (non-hydrogen) atoms. The minimum absolute atomic E-state index is 0.00223. The number of aryl methyl sites for hydroxylation is 1. The highest BCUT2D eigenvalue weighted by atomic mass is 32.2. The van der Waals surface area contributed by atoms with Gasteiger partial charge in [-0.15, -0.1) is 0 Å². The fourth-order valence-corrected chi connectivity index (χ4v) is 3.83. The summed E-state index contributed by atoms with van der Waals surface area (Å²) < 4.78 is 26.8. The first kappa shape index (κ1) is 16.9. The van der Waals surface area contributed by atoms with Gasteiger partial charge in [0.1, 0.15) is 0 Å². The van der Waals surface area contributed by atoms with Crippen molar-refractivity contribution in [3.05, 3.63) is 76.2 Å². The lowest BCUT2D eigenvalue weighted by Gasteiger charge is -2.22. The Labute approximate surface area is 142 Å². The first-order chi connectivity index (χ1) is 11.4. The lowest BCUT2D eigenvalue weighted by atomic mass is 10.0. The number of fused-ring (bicyclic) bond motifs is 1.